The molecule has 9 heteroatoms. The van der Waals surface area contributed by atoms with E-state index in [9.17, 15) is 14.4 Å². The van der Waals surface area contributed by atoms with Crippen LogP contribution < -0.4 is 18.9 Å². The van der Waals surface area contributed by atoms with Gasteiger partial charge in [0, 0.05) is 37.1 Å². The molecule has 0 bridgehead atoms. The van der Waals surface area contributed by atoms with Gasteiger partial charge in [-0.25, -0.2) is 4.79 Å². The Morgan fingerprint density at radius 2 is 1.54 bits per heavy atom. The molecule has 3 atom stereocenters. The summed E-state index contributed by atoms with van der Waals surface area (Å²) in [5.41, 5.74) is 4.21. The molecule has 0 spiro atoms. The molecule has 0 aromatic heterocycles. The molecule has 1 unspecified atom stereocenters. The van der Waals surface area contributed by atoms with Crippen LogP contribution in [0, 0.1) is 5.92 Å². The van der Waals surface area contributed by atoms with E-state index in [0.29, 0.717) is 59.2 Å². The van der Waals surface area contributed by atoms with Gasteiger partial charge in [-0.1, -0.05) is 42.5 Å². The SMILES string of the molecule is CCOc1cc([C@H]2C(C(=O)OCCc3ccccc3)=C(C)N=C3C[C@@H](c4ccc(OC)c(OC)c4)CC(=O)C32)ccc1OC(C)=O. The molecule has 0 saturated heterocycles. The second-order valence-corrected chi connectivity index (χ2v) is 11.3. The van der Waals surface area contributed by atoms with Gasteiger partial charge in [-0.05, 0) is 67.1 Å². The van der Waals surface area contributed by atoms with Crippen LogP contribution in [0.1, 0.15) is 62.1 Å². The Hall–Kier alpha value is -4.92. The Labute approximate surface area is 269 Å². The van der Waals surface area contributed by atoms with Crippen molar-refractivity contribution in [2.75, 3.05) is 27.4 Å². The van der Waals surface area contributed by atoms with Gasteiger partial charge >= 0.3 is 11.9 Å². The first-order valence-electron chi connectivity index (χ1n) is 15.4. The van der Waals surface area contributed by atoms with Gasteiger partial charge < -0.3 is 23.7 Å². The lowest BCUT2D eigenvalue weighted by molar-refractivity contribution is -0.139. The van der Waals surface area contributed by atoms with Crippen LogP contribution in [0.3, 0.4) is 0 Å². The molecular weight excluding hydrogens is 586 g/mol. The summed E-state index contributed by atoms with van der Waals surface area (Å²) in [4.78, 5) is 44.6. The third-order valence-corrected chi connectivity index (χ3v) is 8.40. The predicted octanol–water partition coefficient (Wildman–Crippen LogP) is 6.39. The number of nitrogens with zero attached hydrogens (tertiary/aromatic N) is 1. The summed E-state index contributed by atoms with van der Waals surface area (Å²) in [5.74, 6) is -0.685. The second kappa shape index (κ2) is 14.5. The number of rotatable bonds is 11. The molecule has 1 fully saturated rings. The van der Waals surface area contributed by atoms with E-state index in [2.05, 4.69) is 0 Å². The molecule has 0 amide bonds. The molecule has 1 aliphatic heterocycles. The number of carbonyl (C=O) groups is 3. The van der Waals surface area contributed by atoms with Crippen molar-refractivity contribution in [1.82, 2.24) is 0 Å². The molecule has 2 aliphatic rings. The monoisotopic (exact) mass is 625 g/mol. The van der Waals surface area contributed by atoms with Gasteiger partial charge in [0.1, 0.15) is 5.78 Å². The molecule has 46 heavy (non-hydrogen) atoms. The quantitative estimate of drug-likeness (QED) is 0.178. The Morgan fingerprint density at radius 1 is 0.848 bits per heavy atom. The number of Topliss-reactive ketones (excluding diaryl/α,β-unsaturated/α-hetero) is 1. The second-order valence-electron chi connectivity index (χ2n) is 11.3. The molecule has 1 saturated carbocycles. The standard InChI is InChI=1S/C37H39NO8/c1-6-44-33-21-26(13-15-31(33)46-23(3)39)35-34(37(41)45-17-16-24-10-8-7-9-11-24)22(2)38-28-18-27(19-29(40)36(28)35)25-12-14-30(42-4)32(20-25)43-5/h7-15,20-21,27,35-36H,6,16-19H2,1-5H3/t27-,35+,36?/m1/s1. The minimum Gasteiger partial charge on any atom is -0.493 e. The van der Waals surface area contributed by atoms with Gasteiger partial charge in [0.25, 0.3) is 0 Å². The van der Waals surface area contributed by atoms with Crippen molar-refractivity contribution in [3.05, 3.63) is 94.7 Å². The zero-order valence-corrected chi connectivity index (χ0v) is 26.8. The Balaban J connectivity index is 1.53. The average molecular weight is 626 g/mol. The number of aliphatic imine (C=N–C) groups is 1. The summed E-state index contributed by atoms with van der Waals surface area (Å²) in [6.45, 7) is 5.43. The smallest absolute Gasteiger partial charge is 0.336 e. The molecular formula is C37H39NO8. The van der Waals surface area contributed by atoms with Crippen LogP contribution in [0.25, 0.3) is 0 Å². The number of allylic oxidation sites excluding steroid dienone is 1. The van der Waals surface area contributed by atoms with Gasteiger partial charge in [-0.15, -0.1) is 0 Å². The highest BCUT2D eigenvalue weighted by Crippen LogP contribution is 2.48. The summed E-state index contributed by atoms with van der Waals surface area (Å²) in [7, 11) is 3.16. The van der Waals surface area contributed by atoms with Crippen LogP contribution in [0.15, 0.2) is 83.0 Å². The number of carbonyl (C=O) groups excluding carboxylic acids is 3. The summed E-state index contributed by atoms with van der Waals surface area (Å²) in [5, 5.41) is 0. The number of ketones is 1. The van der Waals surface area contributed by atoms with Crippen LogP contribution in [0.5, 0.6) is 23.0 Å². The summed E-state index contributed by atoms with van der Waals surface area (Å²) < 4.78 is 27.9. The van der Waals surface area contributed by atoms with Crippen LogP contribution in [0.4, 0.5) is 0 Å². The minimum absolute atomic E-state index is 0.0288. The van der Waals surface area contributed by atoms with Crippen molar-refractivity contribution in [3.8, 4) is 23.0 Å². The first kappa shape index (κ1) is 32.5. The van der Waals surface area contributed by atoms with Gasteiger partial charge in [0.15, 0.2) is 23.0 Å². The van der Waals surface area contributed by atoms with E-state index in [1.807, 2.05) is 55.5 Å². The fourth-order valence-electron chi connectivity index (χ4n) is 6.35. The molecule has 0 N–H and O–H groups in total. The number of esters is 2. The van der Waals surface area contributed by atoms with Crippen LogP contribution in [0.2, 0.25) is 0 Å². The molecule has 3 aromatic rings. The molecule has 3 aromatic carbocycles. The van der Waals surface area contributed by atoms with E-state index < -0.39 is 23.8 Å². The lowest BCUT2D eigenvalue weighted by Gasteiger charge is -2.38. The Kier molecular flexibility index (Phi) is 10.2. The summed E-state index contributed by atoms with van der Waals surface area (Å²) >= 11 is 0. The maximum absolute atomic E-state index is 14.2. The third-order valence-electron chi connectivity index (χ3n) is 8.40. The summed E-state index contributed by atoms with van der Waals surface area (Å²) in [6, 6.07) is 20.6. The maximum atomic E-state index is 14.2. The number of hydrogen-bond acceptors (Lipinski definition) is 9. The van der Waals surface area contributed by atoms with Crippen molar-refractivity contribution < 1.29 is 38.1 Å². The zero-order valence-electron chi connectivity index (χ0n) is 26.8. The third kappa shape index (κ3) is 6.98. The molecule has 5 rings (SSSR count). The van der Waals surface area contributed by atoms with Crippen LogP contribution in [-0.2, 0) is 25.5 Å². The number of benzene rings is 3. The van der Waals surface area contributed by atoms with Gasteiger partial charge in [0.05, 0.1) is 38.9 Å². The Morgan fingerprint density at radius 3 is 2.24 bits per heavy atom. The highest BCUT2D eigenvalue weighted by Gasteiger charge is 2.46. The molecule has 1 heterocycles. The normalized spacial score (nSPS) is 19.1. The van der Waals surface area contributed by atoms with E-state index in [1.165, 1.54) is 6.92 Å². The van der Waals surface area contributed by atoms with E-state index in [4.69, 9.17) is 28.7 Å². The molecule has 0 radical (unpaired) electrons. The Bertz CT molecular complexity index is 1680. The fraction of sp³-hybridized carbons (Fsp3) is 0.351. The maximum Gasteiger partial charge on any atom is 0.336 e. The largest absolute Gasteiger partial charge is 0.493 e. The fourth-order valence-corrected chi connectivity index (χ4v) is 6.35. The predicted molar refractivity (Wildman–Crippen MR) is 173 cm³/mol. The number of methoxy groups -OCH3 is 2. The molecule has 1 aliphatic carbocycles. The number of ether oxygens (including phenoxy) is 5. The zero-order chi connectivity index (χ0) is 32.8. The lowest BCUT2D eigenvalue weighted by atomic mass is 9.66. The van der Waals surface area contributed by atoms with Crippen LogP contribution >= 0.6 is 0 Å². The van der Waals surface area contributed by atoms with Crippen molar-refractivity contribution in [1.29, 1.82) is 0 Å². The van der Waals surface area contributed by atoms with Gasteiger partial charge in [-0.3, -0.25) is 14.6 Å². The number of hydrogen-bond donors (Lipinski definition) is 0. The van der Waals surface area contributed by atoms with Crippen molar-refractivity contribution in [2.24, 2.45) is 10.9 Å². The van der Waals surface area contributed by atoms with E-state index >= 15 is 0 Å². The highest BCUT2D eigenvalue weighted by molar-refractivity contribution is 6.12. The van der Waals surface area contributed by atoms with Crippen molar-refractivity contribution >= 4 is 23.4 Å². The minimum atomic E-state index is -0.675. The lowest BCUT2D eigenvalue weighted by Crippen LogP contribution is -2.41. The molecule has 9 nitrogen and oxygen atoms in total. The van der Waals surface area contributed by atoms with E-state index in [1.54, 1.807) is 39.3 Å². The highest BCUT2D eigenvalue weighted by atomic mass is 16.6. The topological polar surface area (TPSA) is 110 Å². The molecule has 240 valence electrons. The van der Waals surface area contributed by atoms with Crippen LogP contribution in [-0.4, -0.2) is 50.9 Å². The summed E-state index contributed by atoms with van der Waals surface area (Å²) in [6.07, 6.45) is 1.34. The first-order valence-corrected chi connectivity index (χ1v) is 15.4. The van der Waals surface area contributed by atoms with Crippen molar-refractivity contribution in [2.45, 2.75) is 51.9 Å². The van der Waals surface area contributed by atoms with Gasteiger partial charge in [-0.2, -0.15) is 0 Å². The average Bonchev–Trinajstić information content (AvgIpc) is 3.04. The number of fused-ring (bicyclic) bond motifs is 1. The van der Waals surface area contributed by atoms with E-state index in [0.717, 1.165) is 11.1 Å². The van der Waals surface area contributed by atoms with Gasteiger partial charge in [0.2, 0.25) is 0 Å². The first-order chi connectivity index (χ1) is 22.2. The van der Waals surface area contributed by atoms with E-state index in [-0.39, 0.29) is 30.5 Å². The van der Waals surface area contributed by atoms with Crippen molar-refractivity contribution in [3.63, 3.8) is 0 Å².